The predicted octanol–water partition coefficient (Wildman–Crippen LogP) is 3.44. The first-order valence-electron chi connectivity index (χ1n) is 5.82. The molecule has 1 aromatic heterocycles. The van der Waals surface area contributed by atoms with Crippen LogP contribution in [0.1, 0.15) is 34.1 Å². The van der Waals surface area contributed by atoms with Gasteiger partial charge in [-0.1, -0.05) is 36.5 Å². The molecule has 0 spiro atoms. The Balaban J connectivity index is 2.07. The highest BCUT2D eigenvalue weighted by Gasteiger charge is 2.28. The Kier molecular flexibility index (Phi) is 2.37. The molecule has 2 aromatic rings. The lowest BCUT2D eigenvalue weighted by Crippen LogP contribution is -2.21. The maximum atomic E-state index is 5.29. The quantitative estimate of drug-likeness (QED) is 0.776. The highest BCUT2D eigenvalue weighted by molar-refractivity contribution is 7.71. The monoisotopic (exact) mass is 242 g/mol. The van der Waals surface area contributed by atoms with E-state index in [2.05, 4.69) is 41.2 Å². The maximum absolute atomic E-state index is 5.29. The number of aromatic nitrogens is 2. The van der Waals surface area contributed by atoms with Gasteiger partial charge in [0.05, 0.1) is 0 Å². The van der Waals surface area contributed by atoms with Gasteiger partial charge in [0, 0.05) is 17.2 Å². The molecular formula is C14H14N2S. The van der Waals surface area contributed by atoms with E-state index in [9.17, 15) is 0 Å². The topological polar surface area (TPSA) is 28.7 Å². The minimum Gasteiger partial charge on any atom is -0.347 e. The molecule has 0 radical (unpaired) electrons. The van der Waals surface area contributed by atoms with E-state index in [0.29, 0.717) is 5.92 Å². The minimum absolute atomic E-state index is 0.396. The standard InChI is InChI=1S/C14H14N2S/c1-8-9(2)15-13(16-14(8)17)12-7-10-5-3-4-6-11(10)12/h3-6,12H,7H2,1-2H3,(H,15,16,17). The van der Waals surface area contributed by atoms with Crippen LogP contribution < -0.4 is 0 Å². The summed E-state index contributed by atoms with van der Waals surface area (Å²) in [7, 11) is 0. The van der Waals surface area contributed by atoms with Crippen molar-refractivity contribution in [2.75, 3.05) is 0 Å². The van der Waals surface area contributed by atoms with E-state index in [-0.39, 0.29) is 0 Å². The van der Waals surface area contributed by atoms with Crippen molar-refractivity contribution in [1.29, 1.82) is 0 Å². The number of nitrogens with one attached hydrogen (secondary N) is 1. The number of hydrogen-bond acceptors (Lipinski definition) is 2. The minimum atomic E-state index is 0.396. The zero-order valence-electron chi connectivity index (χ0n) is 9.95. The van der Waals surface area contributed by atoms with E-state index in [0.717, 1.165) is 28.1 Å². The number of hydrogen-bond donors (Lipinski definition) is 1. The first-order chi connectivity index (χ1) is 8.16. The van der Waals surface area contributed by atoms with Crippen LogP contribution >= 0.6 is 12.2 Å². The number of fused-ring (bicyclic) bond motifs is 1. The molecule has 1 aromatic carbocycles. The number of nitrogens with zero attached hydrogens (tertiary/aromatic N) is 1. The van der Waals surface area contributed by atoms with Crippen molar-refractivity contribution in [3.8, 4) is 0 Å². The molecule has 1 atom stereocenters. The second-order valence-corrected chi connectivity index (χ2v) is 5.02. The summed E-state index contributed by atoms with van der Waals surface area (Å²) >= 11 is 5.29. The van der Waals surface area contributed by atoms with E-state index >= 15 is 0 Å². The molecule has 0 amide bonds. The summed E-state index contributed by atoms with van der Waals surface area (Å²) in [6, 6.07) is 8.53. The molecule has 3 rings (SSSR count). The number of H-pyrrole nitrogens is 1. The molecule has 86 valence electrons. The van der Waals surface area contributed by atoms with E-state index in [1.165, 1.54) is 11.1 Å². The van der Waals surface area contributed by atoms with E-state index in [4.69, 9.17) is 12.2 Å². The van der Waals surface area contributed by atoms with Crippen LogP contribution in [-0.4, -0.2) is 9.97 Å². The third kappa shape index (κ3) is 1.62. The predicted molar refractivity (Wildman–Crippen MR) is 70.9 cm³/mol. The van der Waals surface area contributed by atoms with Crippen molar-refractivity contribution in [2.24, 2.45) is 0 Å². The number of aryl methyl sites for hydroxylation is 1. The lowest BCUT2D eigenvalue weighted by Gasteiger charge is -2.29. The molecule has 1 aliphatic rings. The van der Waals surface area contributed by atoms with E-state index < -0.39 is 0 Å². The summed E-state index contributed by atoms with van der Waals surface area (Å²) in [4.78, 5) is 7.90. The van der Waals surface area contributed by atoms with Crippen LogP contribution in [0.4, 0.5) is 0 Å². The molecule has 1 aliphatic carbocycles. The van der Waals surface area contributed by atoms with Gasteiger partial charge in [-0.3, -0.25) is 0 Å². The van der Waals surface area contributed by atoms with Crippen LogP contribution in [0.3, 0.4) is 0 Å². The highest BCUT2D eigenvalue weighted by Crippen LogP contribution is 2.38. The molecule has 0 bridgehead atoms. The van der Waals surface area contributed by atoms with E-state index in [1.54, 1.807) is 0 Å². The van der Waals surface area contributed by atoms with Gasteiger partial charge in [-0.25, -0.2) is 4.98 Å². The molecule has 1 N–H and O–H groups in total. The Bertz CT molecular complexity index is 643. The van der Waals surface area contributed by atoms with Crippen LogP contribution in [0.5, 0.6) is 0 Å². The fraction of sp³-hybridized carbons (Fsp3) is 0.286. The largest absolute Gasteiger partial charge is 0.347 e. The summed E-state index contributed by atoms with van der Waals surface area (Å²) in [5, 5.41) is 0. The van der Waals surface area contributed by atoms with Crippen LogP contribution in [0, 0.1) is 18.5 Å². The zero-order chi connectivity index (χ0) is 12.0. The second kappa shape index (κ2) is 3.77. The Morgan fingerprint density at radius 3 is 2.76 bits per heavy atom. The lowest BCUT2D eigenvalue weighted by molar-refractivity contribution is 0.653. The summed E-state index contributed by atoms with van der Waals surface area (Å²) < 4.78 is 0.723. The highest BCUT2D eigenvalue weighted by atomic mass is 32.1. The average Bonchev–Trinajstić information content (AvgIpc) is 2.27. The van der Waals surface area contributed by atoms with Crippen molar-refractivity contribution in [1.82, 2.24) is 9.97 Å². The van der Waals surface area contributed by atoms with Gasteiger partial charge in [-0.2, -0.15) is 0 Å². The summed E-state index contributed by atoms with van der Waals surface area (Å²) in [6.07, 6.45) is 1.07. The van der Waals surface area contributed by atoms with Crippen molar-refractivity contribution in [3.63, 3.8) is 0 Å². The third-order valence-corrected chi connectivity index (χ3v) is 4.00. The Hall–Kier alpha value is -1.48. The van der Waals surface area contributed by atoms with E-state index in [1.807, 2.05) is 6.92 Å². The molecule has 0 fully saturated rings. The van der Waals surface area contributed by atoms with Crippen molar-refractivity contribution >= 4 is 12.2 Å². The molecule has 17 heavy (non-hydrogen) atoms. The summed E-state index contributed by atoms with van der Waals surface area (Å²) in [5.41, 5.74) is 5.02. The van der Waals surface area contributed by atoms with Crippen molar-refractivity contribution in [3.05, 3.63) is 57.1 Å². The average molecular weight is 242 g/mol. The van der Waals surface area contributed by atoms with Gasteiger partial charge in [0.2, 0.25) is 0 Å². The Morgan fingerprint density at radius 1 is 1.29 bits per heavy atom. The van der Waals surface area contributed by atoms with Gasteiger partial charge in [0.15, 0.2) is 0 Å². The smallest absolute Gasteiger partial charge is 0.132 e. The molecule has 0 saturated heterocycles. The van der Waals surface area contributed by atoms with Crippen LogP contribution in [-0.2, 0) is 6.42 Å². The molecule has 2 nitrogen and oxygen atoms in total. The lowest BCUT2D eigenvalue weighted by atomic mass is 9.77. The fourth-order valence-corrected chi connectivity index (χ4v) is 2.59. The van der Waals surface area contributed by atoms with Crippen molar-refractivity contribution < 1.29 is 0 Å². The second-order valence-electron chi connectivity index (χ2n) is 4.63. The molecule has 1 heterocycles. The molecule has 0 saturated carbocycles. The van der Waals surface area contributed by atoms with Crippen LogP contribution in [0.2, 0.25) is 0 Å². The van der Waals surface area contributed by atoms with Gasteiger partial charge in [0.1, 0.15) is 10.5 Å². The Morgan fingerprint density at radius 2 is 2.06 bits per heavy atom. The van der Waals surface area contributed by atoms with Gasteiger partial charge < -0.3 is 4.98 Å². The normalized spacial score (nSPS) is 17.4. The van der Waals surface area contributed by atoms with Crippen LogP contribution in [0.15, 0.2) is 24.3 Å². The van der Waals surface area contributed by atoms with Crippen LogP contribution in [0.25, 0.3) is 0 Å². The maximum Gasteiger partial charge on any atom is 0.132 e. The first-order valence-corrected chi connectivity index (χ1v) is 6.23. The summed E-state index contributed by atoms with van der Waals surface area (Å²) in [6.45, 7) is 4.07. The SMILES string of the molecule is Cc1[nH]c(C2Cc3ccccc32)nc(=S)c1C. The summed E-state index contributed by atoms with van der Waals surface area (Å²) in [5.74, 6) is 1.41. The molecule has 1 unspecified atom stereocenters. The van der Waals surface area contributed by atoms with Gasteiger partial charge in [0.25, 0.3) is 0 Å². The van der Waals surface area contributed by atoms with Gasteiger partial charge in [-0.15, -0.1) is 0 Å². The van der Waals surface area contributed by atoms with Crippen molar-refractivity contribution in [2.45, 2.75) is 26.2 Å². The third-order valence-electron chi connectivity index (χ3n) is 3.61. The molecule has 3 heteroatoms. The Labute approximate surface area is 106 Å². The number of aromatic amines is 1. The molecule has 0 aliphatic heterocycles. The first kappa shape index (κ1) is 10.7. The van der Waals surface area contributed by atoms with Gasteiger partial charge >= 0.3 is 0 Å². The van der Waals surface area contributed by atoms with Gasteiger partial charge in [-0.05, 0) is 31.4 Å². The molecular weight excluding hydrogens is 228 g/mol. The number of benzene rings is 1. The zero-order valence-corrected chi connectivity index (χ0v) is 10.8. The fourth-order valence-electron chi connectivity index (χ4n) is 2.34. The number of rotatable bonds is 1.